The van der Waals surface area contributed by atoms with Crippen molar-refractivity contribution in [1.82, 2.24) is 0 Å². The predicted molar refractivity (Wildman–Crippen MR) is 80.7 cm³/mol. The predicted octanol–water partition coefficient (Wildman–Crippen LogP) is 4.68. The van der Waals surface area contributed by atoms with E-state index in [2.05, 4.69) is 0 Å². The molecule has 4 heteroatoms. The maximum Gasteiger partial charge on any atom is 0.162 e. The molecule has 0 radical (unpaired) electrons. The van der Waals surface area contributed by atoms with Crippen LogP contribution in [0, 0.1) is 11.6 Å². The maximum atomic E-state index is 13.6. The van der Waals surface area contributed by atoms with Crippen LogP contribution in [0.15, 0.2) is 42.5 Å². The number of hydrogen-bond acceptors (Lipinski definition) is 1. The second-order valence-corrected chi connectivity index (χ2v) is 5.40. The third-order valence-corrected chi connectivity index (χ3v) is 3.77. The Labute approximate surface area is 128 Å². The van der Waals surface area contributed by atoms with Gasteiger partial charge in [0.25, 0.3) is 0 Å². The van der Waals surface area contributed by atoms with E-state index >= 15 is 0 Å². The lowest BCUT2D eigenvalue weighted by atomic mass is 10.0. The monoisotopic (exact) mass is 310 g/mol. The molecule has 0 spiro atoms. The van der Waals surface area contributed by atoms with E-state index in [0.29, 0.717) is 12.2 Å². The summed E-state index contributed by atoms with van der Waals surface area (Å²) < 4.78 is 31.8. The van der Waals surface area contributed by atoms with Crippen LogP contribution in [0.4, 0.5) is 8.78 Å². The molecule has 0 aliphatic heterocycles. The van der Waals surface area contributed by atoms with E-state index in [4.69, 9.17) is 16.3 Å². The first kappa shape index (κ1) is 15.9. The van der Waals surface area contributed by atoms with Crippen molar-refractivity contribution in [2.24, 2.45) is 0 Å². The minimum absolute atomic E-state index is 0.253. The van der Waals surface area contributed by atoms with Gasteiger partial charge in [-0.25, -0.2) is 8.78 Å². The molecule has 0 aromatic heterocycles. The molecule has 0 aliphatic carbocycles. The summed E-state index contributed by atoms with van der Waals surface area (Å²) in [6, 6.07) is 11.9. The number of alkyl halides is 1. The second-order valence-electron chi connectivity index (χ2n) is 4.87. The molecule has 0 saturated carbocycles. The van der Waals surface area contributed by atoms with Gasteiger partial charge in [-0.2, -0.15) is 0 Å². The summed E-state index contributed by atoms with van der Waals surface area (Å²) in [5.74, 6) is -1.66. The number of benzene rings is 2. The standard InChI is InChI=1S/C17H17ClF2O/c1-21-10-9-12-5-7-13(8-6-12)15(18)11-14-3-2-4-16(19)17(14)20/h2-8,15H,9-11H2,1H3. The zero-order valence-electron chi connectivity index (χ0n) is 11.8. The summed E-state index contributed by atoms with van der Waals surface area (Å²) >= 11 is 6.31. The highest BCUT2D eigenvalue weighted by Gasteiger charge is 2.14. The van der Waals surface area contributed by atoms with Gasteiger partial charge in [0.15, 0.2) is 11.6 Å². The number of halogens is 3. The van der Waals surface area contributed by atoms with Crippen LogP contribution in [0.25, 0.3) is 0 Å². The van der Waals surface area contributed by atoms with Gasteiger partial charge in [-0.1, -0.05) is 36.4 Å². The van der Waals surface area contributed by atoms with Gasteiger partial charge in [0, 0.05) is 7.11 Å². The molecule has 0 bridgehead atoms. The molecule has 0 fully saturated rings. The smallest absolute Gasteiger partial charge is 0.162 e. The van der Waals surface area contributed by atoms with Gasteiger partial charge in [0.1, 0.15) is 0 Å². The average Bonchev–Trinajstić information content (AvgIpc) is 2.50. The molecule has 112 valence electrons. The molecular formula is C17H17ClF2O. The summed E-state index contributed by atoms with van der Waals surface area (Å²) in [5.41, 5.74) is 2.33. The Kier molecular flexibility index (Phi) is 5.71. The molecule has 2 aromatic carbocycles. The molecule has 0 N–H and O–H groups in total. The number of rotatable bonds is 6. The normalized spacial score (nSPS) is 12.4. The Morgan fingerprint density at radius 3 is 2.48 bits per heavy atom. The Bertz CT molecular complexity index is 584. The lowest BCUT2D eigenvalue weighted by Gasteiger charge is -2.12. The van der Waals surface area contributed by atoms with Gasteiger partial charge in [0.2, 0.25) is 0 Å². The lowest BCUT2D eigenvalue weighted by Crippen LogP contribution is -2.01. The van der Waals surface area contributed by atoms with Crippen molar-refractivity contribution in [3.05, 3.63) is 70.8 Å². The van der Waals surface area contributed by atoms with Gasteiger partial charge in [-0.15, -0.1) is 11.6 Å². The highest BCUT2D eigenvalue weighted by atomic mass is 35.5. The van der Waals surface area contributed by atoms with Gasteiger partial charge in [0.05, 0.1) is 12.0 Å². The van der Waals surface area contributed by atoms with Gasteiger partial charge in [-0.3, -0.25) is 0 Å². The Hall–Kier alpha value is -1.45. The fourth-order valence-corrected chi connectivity index (χ4v) is 2.44. The van der Waals surface area contributed by atoms with Crippen molar-refractivity contribution in [2.75, 3.05) is 13.7 Å². The van der Waals surface area contributed by atoms with Gasteiger partial charge < -0.3 is 4.74 Å². The summed E-state index contributed by atoms with van der Waals surface area (Å²) in [6.45, 7) is 0.665. The SMILES string of the molecule is COCCc1ccc(C(Cl)Cc2cccc(F)c2F)cc1. The topological polar surface area (TPSA) is 9.23 Å². The molecular weight excluding hydrogens is 294 g/mol. The van der Waals surface area contributed by atoms with Crippen molar-refractivity contribution in [3.8, 4) is 0 Å². The Morgan fingerprint density at radius 1 is 1.10 bits per heavy atom. The van der Waals surface area contributed by atoms with E-state index in [-0.39, 0.29) is 6.42 Å². The molecule has 1 unspecified atom stereocenters. The zero-order chi connectivity index (χ0) is 15.2. The first-order valence-corrected chi connectivity index (χ1v) is 7.20. The Balaban J connectivity index is 2.06. The van der Waals surface area contributed by atoms with Gasteiger partial charge in [-0.05, 0) is 35.6 Å². The van der Waals surface area contributed by atoms with Gasteiger partial charge >= 0.3 is 0 Å². The molecule has 1 nitrogen and oxygen atoms in total. The molecule has 0 aliphatic rings. The van der Waals surface area contributed by atoms with E-state index < -0.39 is 17.0 Å². The van der Waals surface area contributed by atoms with E-state index in [9.17, 15) is 8.78 Å². The molecule has 2 aromatic rings. The van der Waals surface area contributed by atoms with E-state index in [1.54, 1.807) is 13.2 Å². The molecule has 0 amide bonds. The molecule has 2 rings (SSSR count). The summed E-state index contributed by atoms with van der Waals surface area (Å²) in [4.78, 5) is 0. The quantitative estimate of drug-likeness (QED) is 0.704. The maximum absolute atomic E-state index is 13.6. The fourth-order valence-electron chi connectivity index (χ4n) is 2.13. The molecule has 0 saturated heterocycles. The van der Waals surface area contributed by atoms with Crippen molar-refractivity contribution in [1.29, 1.82) is 0 Å². The van der Waals surface area contributed by atoms with E-state index in [0.717, 1.165) is 23.6 Å². The summed E-state index contributed by atoms with van der Waals surface area (Å²) in [6.07, 6.45) is 1.09. The molecule has 0 heterocycles. The fraction of sp³-hybridized carbons (Fsp3) is 0.294. The van der Waals surface area contributed by atoms with Crippen molar-refractivity contribution in [3.63, 3.8) is 0 Å². The highest BCUT2D eigenvalue weighted by Crippen LogP contribution is 2.27. The number of ether oxygens (including phenoxy) is 1. The lowest BCUT2D eigenvalue weighted by molar-refractivity contribution is 0.202. The van der Waals surface area contributed by atoms with Crippen molar-refractivity contribution < 1.29 is 13.5 Å². The third kappa shape index (κ3) is 4.26. The second kappa shape index (κ2) is 7.53. The van der Waals surface area contributed by atoms with Crippen LogP contribution in [-0.4, -0.2) is 13.7 Å². The number of hydrogen-bond donors (Lipinski definition) is 0. The average molecular weight is 311 g/mol. The summed E-state index contributed by atoms with van der Waals surface area (Å²) in [7, 11) is 1.66. The molecule has 21 heavy (non-hydrogen) atoms. The third-order valence-electron chi connectivity index (χ3n) is 3.37. The Morgan fingerprint density at radius 2 is 1.81 bits per heavy atom. The van der Waals surface area contributed by atoms with Crippen LogP contribution in [0.2, 0.25) is 0 Å². The van der Waals surface area contributed by atoms with E-state index in [1.807, 2.05) is 24.3 Å². The highest BCUT2D eigenvalue weighted by molar-refractivity contribution is 6.20. The first-order chi connectivity index (χ1) is 10.1. The van der Waals surface area contributed by atoms with E-state index in [1.165, 1.54) is 6.07 Å². The minimum Gasteiger partial charge on any atom is -0.384 e. The first-order valence-electron chi connectivity index (χ1n) is 6.76. The van der Waals surface area contributed by atoms with Crippen LogP contribution in [0.1, 0.15) is 22.1 Å². The van der Waals surface area contributed by atoms with Crippen LogP contribution >= 0.6 is 11.6 Å². The van der Waals surface area contributed by atoms with Crippen molar-refractivity contribution in [2.45, 2.75) is 18.2 Å². The van der Waals surface area contributed by atoms with Crippen LogP contribution < -0.4 is 0 Å². The largest absolute Gasteiger partial charge is 0.384 e. The molecule has 1 atom stereocenters. The van der Waals surface area contributed by atoms with Crippen LogP contribution in [-0.2, 0) is 17.6 Å². The summed E-state index contributed by atoms with van der Waals surface area (Å²) in [5, 5.41) is -0.391. The van der Waals surface area contributed by atoms with Crippen LogP contribution in [0.3, 0.4) is 0 Å². The van der Waals surface area contributed by atoms with Crippen LogP contribution in [0.5, 0.6) is 0 Å². The number of methoxy groups -OCH3 is 1. The minimum atomic E-state index is -0.841. The zero-order valence-corrected chi connectivity index (χ0v) is 12.5. The van der Waals surface area contributed by atoms with Crippen molar-refractivity contribution >= 4 is 11.6 Å².